The van der Waals surface area contributed by atoms with Gasteiger partial charge in [0.05, 0.1) is 19.0 Å². The number of likely N-dealkylation sites (N-methyl/N-ethyl adjacent to an activating group) is 1. The summed E-state index contributed by atoms with van der Waals surface area (Å²) in [6.07, 6.45) is 0.297. The standard InChI is InChI=1S/C22H25N3O3/c1-16-6-4-7-19(17(16)2)25(11-5-10-23)22(26)14-24(3)13-18-8-9-20-21(12-18)28-15-27-20/h4,6-9,12H,5,11,13-15H2,1-3H3. The number of carbonyl (C=O) groups excluding carboxylic acids is 1. The molecule has 0 unspecified atom stereocenters. The lowest BCUT2D eigenvalue weighted by atomic mass is 10.1. The maximum absolute atomic E-state index is 13.0. The Labute approximate surface area is 165 Å². The Morgan fingerprint density at radius 3 is 2.75 bits per heavy atom. The van der Waals surface area contributed by atoms with Crippen molar-refractivity contribution >= 4 is 11.6 Å². The van der Waals surface area contributed by atoms with Crippen molar-refractivity contribution in [1.82, 2.24) is 4.90 Å². The molecule has 2 aromatic rings. The molecule has 1 aliphatic rings. The van der Waals surface area contributed by atoms with Gasteiger partial charge >= 0.3 is 0 Å². The third-order valence-electron chi connectivity index (χ3n) is 4.91. The van der Waals surface area contributed by atoms with E-state index in [9.17, 15) is 4.79 Å². The van der Waals surface area contributed by atoms with Gasteiger partial charge in [-0.1, -0.05) is 18.2 Å². The van der Waals surface area contributed by atoms with Crippen LogP contribution in [0.3, 0.4) is 0 Å². The number of anilines is 1. The van der Waals surface area contributed by atoms with Crippen molar-refractivity contribution in [3.8, 4) is 17.6 Å². The first-order valence-corrected chi connectivity index (χ1v) is 9.30. The summed E-state index contributed by atoms with van der Waals surface area (Å²) in [7, 11) is 1.91. The van der Waals surface area contributed by atoms with Gasteiger partial charge in [0.15, 0.2) is 11.5 Å². The fourth-order valence-electron chi connectivity index (χ4n) is 3.29. The van der Waals surface area contributed by atoms with E-state index >= 15 is 0 Å². The highest BCUT2D eigenvalue weighted by Gasteiger charge is 2.20. The molecule has 1 amide bonds. The van der Waals surface area contributed by atoms with Crippen LogP contribution < -0.4 is 14.4 Å². The number of fused-ring (bicyclic) bond motifs is 1. The molecule has 6 nitrogen and oxygen atoms in total. The number of nitriles is 1. The van der Waals surface area contributed by atoms with Gasteiger partial charge in [-0.25, -0.2) is 0 Å². The molecular formula is C22H25N3O3. The Kier molecular flexibility index (Phi) is 6.17. The predicted molar refractivity (Wildman–Crippen MR) is 107 cm³/mol. The van der Waals surface area contributed by atoms with Crippen LogP contribution in [0.25, 0.3) is 0 Å². The first-order chi connectivity index (χ1) is 13.5. The Balaban J connectivity index is 1.70. The molecule has 0 saturated carbocycles. The molecule has 28 heavy (non-hydrogen) atoms. The minimum absolute atomic E-state index is 0.0211. The zero-order chi connectivity index (χ0) is 20.1. The number of rotatable bonds is 7. The minimum Gasteiger partial charge on any atom is -0.454 e. The molecule has 0 radical (unpaired) electrons. The maximum atomic E-state index is 13.0. The first kappa shape index (κ1) is 19.7. The van der Waals surface area contributed by atoms with E-state index < -0.39 is 0 Å². The van der Waals surface area contributed by atoms with Crippen LogP contribution in [0.1, 0.15) is 23.1 Å². The molecule has 1 aliphatic heterocycles. The van der Waals surface area contributed by atoms with Gasteiger partial charge in [0.2, 0.25) is 12.7 Å². The van der Waals surface area contributed by atoms with Gasteiger partial charge in [-0.15, -0.1) is 0 Å². The van der Waals surface area contributed by atoms with Gasteiger partial charge in [-0.3, -0.25) is 9.69 Å². The predicted octanol–water partition coefficient (Wildman–Crippen LogP) is 3.41. The minimum atomic E-state index is -0.0211. The van der Waals surface area contributed by atoms with E-state index in [0.29, 0.717) is 19.5 Å². The summed E-state index contributed by atoms with van der Waals surface area (Å²) in [4.78, 5) is 16.7. The highest BCUT2D eigenvalue weighted by molar-refractivity contribution is 5.95. The van der Waals surface area contributed by atoms with E-state index in [1.54, 1.807) is 4.90 Å². The quantitative estimate of drug-likeness (QED) is 0.738. The van der Waals surface area contributed by atoms with E-state index in [2.05, 4.69) is 6.07 Å². The second-order valence-corrected chi connectivity index (χ2v) is 7.03. The van der Waals surface area contributed by atoms with Crippen LogP contribution in [0.5, 0.6) is 11.5 Å². The molecule has 0 spiro atoms. The molecule has 0 atom stereocenters. The zero-order valence-electron chi connectivity index (χ0n) is 16.6. The third kappa shape index (κ3) is 4.44. The monoisotopic (exact) mass is 379 g/mol. The summed E-state index contributed by atoms with van der Waals surface area (Å²) in [5, 5.41) is 9.00. The number of nitrogens with zero attached hydrogens (tertiary/aromatic N) is 3. The molecule has 6 heteroatoms. The lowest BCUT2D eigenvalue weighted by Crippen LogP contribution is -2.39. The molecule has 146 valence electrons. The summed E-state index contributed by atoms with van der Waals surface area (Å²) in [5.74, 6) is 1.47. The van der Waals surface area contributed by atoms with Crippen molar-refractivity contribution in [2.75, 3.05) is 31.8 Å². The number of aryl methyl sites for hydroxylation is 1. The Morgan fingerprint density at radius 1 is 1.18 bits per heavy atom. The highest BCUT2D eigenvalue weighted by Crippen LogP contribution is 2.32. The average Bonchev–Trinajstić information content (AvgIpc) is 3.13. The number of amides is 1. The SMILES string of the molecule is Cc1cccc(N(CCC#N)C(=O)CN(C)Cc2ccc3c(c2)OCO3)c1C. The molecular weight excluding hydrogens is 354 g/mol. The zero-order valence-corrected chi connectivity index (χ0v) is 16.6. The molecule has 3 rings (SSSR count). The Bertz CT molecular complexity index is 904. The average molecular weight is 379 g/mol. The van der Waals surface area contributed by atoms with Gasteiger partial charge in [0.25, 0.3) is 0 Å². The number of hydrogen-bond acceptors (Lipinski definition) is 5. The van der Waals surface area contributed by atoms with Crippen LogP contribution in [0.15, 0.2) is 36.4 Å². The summed E-state index contributed by atoms with van der Waals surface area (Å²) < 4.78 is 10.8. The van der Waals surface area contributed by atoms with Crippen LogP contribution in [-0.2, 0) is 11.3 Å². The molecule has 0 N–H and O–H groups in total. The van der Waals surface area contributed by atoms with Gasteiger partial charge in [0.1, 0.15) is 0 Å². The van der Waals surface area contributed by atoms with E-state index in [0.717, 1.165) is 33.9 Å². The second kappa shape index (κ2) is 8.77. The number of hydrogen-bond donors (Lipinski definition) is 0. The van der Waals surface area contributed by atoms with E-state index in [4.69, 9.17) is 14.7 Å². The van der Waals surface area contributed by atoms with Crippen molar-refractivity contribution in [3.05, 3.63) is 53.1 Å². The van der Waals surface area contributed by atoms with Crippen molar-refractivity contribution in [2.24, 2.45) is 0 Å². The van der Waals surface area contributed by atoms with Crippen LogP contribution in [0.2, 0.25) is 0 Å². The van der Waals surface area contributed by atoms with Crippen LogP contribution in [-0.4, -0.2) is 37.7 Å². The van der Waals surface area contributed by atoms with Crippen molar-refractivity contribution < 1.29 is 14.3 Å². The second-order valence-electron chi connectivity index (χ2n) is 7.03. The summed E-state index contributed by atoms with van der Waals surface area (Å²) in [6, 6.07) is 13.9. The topological polar surface area (TPSA) is 65.8 Å². The Hall–Kier alpha value is -3.04. The fraction of sp³-hybridized carbons (Fsp3) is 0.364. The van der Waals surface area contributed by atoms with Crippen molar-refractivity contribution in [3.63, 3.8) is 0 Å². The molecule has 1 heterocycles. The summed E-state index contributed by atoms with van der Waals surface area (Å²) >= 11 is 0. The molecule has 0 fully saturated rings. The normalized spacial score (nSPS) is 12.1. The van der Waals surface area contributed by atoms with E-state index in [1.165, 1.54) is 0 Å². The van der Waals surface area contributed by atoms with Gasteiger partial charge in [-0.05, 0) is 55.8 Å². The van der Waals surface area contributed by atoms with Gasteiger partial charge < -0.3 is 14.4 Å². The lowest BCUT2D eigenvalue weighted by Gasteiger charge is -2.27. The molecule has 0 saturated heterocycles. The van der Waals surface area contributed by atoms with Crippen LogP contribution >= 0.6 is 0 Å². The van der Waals surface area contributed by atoms with Gasteiger partial charge in [0, 0.05) is 18.8 Å². The smallest absolute Gasteiger partial charge is 0.241 e. The lowest BCUT2D eigenvalue weighted by molar-refractivity contribution is -0.119. The van der Waals surface area contributed by atoms with E-state index in [1.807, 2.05) is 62.2 Å². The summed E-state index contributed by atoms with van der Waals surface area (Å²) in [6.45, 7) is 5.54. The highest BCUT2D eigenvalue weighted by atomic mass is 16.7. The van der Waals surface area contributed by atoms with Gasteiger partial charge in [-0.2, -0.15) is 5.26 Å². The first-order valence-electron chi connectivity index (χ1n) is 9.30. The van der Waals surface area contributed by atoms with Crippen molar-refractivity contribution in [2.45, 2.75) is 26.8 Å². The molecule has 0 aliphatic carbocycles. The maximum Gasteiger partial charge on any atom is 0.241 e. The molecule has 0 bridgehead atoms. The van der Waals surface area contributed by atoms with E-state index in [-0.39, 0.29) is 19.2 Å². The molecule has 2 aromatic carbocycles. The van der Waals surface area contributed by atoms with Crippen LogP contribution in [0.4, 0.5) is 5.69 Å². The Morgan fingerprint density at radius 2 is 1.96 bits per heavy atom. The fourth-order valence-corrected chi connectivity index (χ4v) is 3.29. The third-order valence-corrected chi connectivity index (χ3v) is 4.91. The number of ether oxygens (including phenoxy) is 2. The number of carbonyl (C=O) groups is 1. The van der Waals surface area contributed by atoms with Crippen LogP contribution in [0, 0.1) is 25.2 Å². The summed E-state index contributed by atoms with van der Waals surface area (Å²) in [5.41, 5.74) is 4.11. The number of benzene rings is 2. The van der Waals surface area contributed by atoms with Crippen molar-refractivity contribution in [1.29, 1.82) is 5.26 Å². The largest absolute Gasteiger partial charge is 0.454 e. The molecule has 0 aromatic heterocycles.